The van der Waals surface area contributed by atoms with Crippen LogP contribution in [0.2, 0.25) is 0 Å². The van der Waals surface area contributed by atoms with Gasteiger partial charge in [0.2, 0.25) is 0 Å². The average Bonchev–Trinajstić information content (AvgIpc) is 2.88. The number of nitrogens with zero attached hydrogens (tertiary/aromatic N) is 2. The predicted octanol–water partition coefficient (Wildman–Crippen LogP) is 3.25. The Balaban J connectivity index is 1.89. The molecule has 1 heterocycles. The molecule has 0 fully saturated rings. The van der Waals surface area contributed by atoms with E-state index in [0.29, 0.717) is 5.92 Å². The number of hydrazone groups is 1. The lowest BCUT2D eigenvalue weighted by Crippen LogP contribution is -2.27. The standard InChI is InChI=1S/C15H20N4OS/c1-4-11(10(2)3)18-19-14(20)9-16-15-17-12-7-5-6-8-13(12)21-15/h5-8,10H,4,9H2,1-3H3,(H,16,17)(H,19,20)/b18-11-. The number of aromatic nitrogens is 1. The molecule has 112 valence electrons. The predicted molar refractivity (Wildman–Crippen MR) is 88.8 cm³/mol. The van der Waals surface area contributed by atoms with Crippen LogP contribution in [0.15, 0.2) is 29.4 Å². The molecule has 2 aromatic rings. The Morgan fingerprint density at radius 1 is 1.38 bits per heavy atom. The number of benzene rings is 1. The lowest BCUT2D eigenvalue weighted by Gasteiger charge is -2.07. The van der Waals surface area contributed by atoms with Gasteiger partial charge in [-0.3, -0.25) is 4.79 Å². The number of para-hydroxylation sites is 1. The molecule has 1 aromatic carbocycles. The van der Waals surface area contributed by atoms with E-state index < -0.39 is 0 Å². The maximum absolute atomic E-state index is 11.8. The second-order valence-electron chi connectivity index (χ2n) is 4.99. The zero-order valence-electron chi connectivity index (χ0n) is 12.5. The van der Waals surface area contributed by atoms with Gasteiger partial charge in [0, 0.05) is 5.71 Å². The molecule has 1 aromatic heterocycles. The van der Waals surface area contributed by atoms with Crippen molar-refractivity contribution < 1.29 is 4.79 Å². The van der Waals surface area contributed by atoms with Gasteiger partial charge >= 0.3 is 0 Å². The van der Waals surface area contributed by atoms with E-state index in [-0.39, 0.29) is 12.5 Å². The van der Waals surface area contributed by atoms with Crippen LogP contribution in [-0.2, 0) is 4.79 Å². The molecule has 0 saturated heterocycles. The van der Waals surface area contributed by atoms with Crippen molar-refractivity contribution >= 4 is 38.3 Å². The average molecular weight is 304 g/mol. The Hall–Kier alpha value is -1.95. The Bertz CT molecular complexity index is 615. The van der Waals surface area contributed by atoms with Gasteiger partial charge in [0.25, 0.3) is 5.91 Å². The fraction of sp³-hybridized carbons (Fsp3) is 0.400. The highest BCUT2D eigenvalue weighted by atomic mass is 32.1. The molecule has 0 aliphatic heterocycles. The molecule has 0 radical (unpaired) electrons. The number of amides is 1. The highest BCUT2D eigenvalue weighted by molar-refractivity contribution is 7.22. The van der Waals surface area contributed by atoms with Crippen molar-refractivity contribution in [3.63, 3.8) is 0 Å². The highest BCUT2D eigenvalue weighted by Crippen LogP contribution is 2.24. The van der Waals surface area contributed by atoms with Crippen LogP contribution in [0.25, 0.3) is 10.2 Å². The monoisotopic (exact) mass is 304 g/mol. The SMILES string of the molecule is CC/C(=N/NC(=O)CNc1nc2ccccc2s1)C(C)C. The summed E-state index contributed by atoms with van der Waals surface area (Å²) in [5.41, 5.74) is 4.51. The van der Waals surface area contributed by atoms with E-state index in [0.717, 1.165) is 27.5 Å². The number of carbonyl (C=O) groups is 1. The van der Waals surface area contributed by atoms with E-state index in [1.54, 1.807) is 0 Å². The topological polar surface area (TPSA) is 66.4 Å². The first-order chi connectivity index (χ1) is 10.1. The van der Waals surface area contributed by atoms with E-state index in [4.69, 9.17) is 0 Å². The van der Waals surface area contributed by atoms with Crippen molar-refractivity contribution in [2.24, 2.45) is 11.0 Å². The molecule has 1 amide bonds. The van der Waals surface area contributed by atoms with E-state index in [2.05, 4.69) is 34.7 Å². The van der Waals surface area contributed by atoms with Crippen molar-refractivity contribution in [1.29, 1.82) is 0 Å². The van der Waals surface area contributed by atoms with Crippen molar-refractivity contribution in [1.82, 2.24) is 10.4 Å². The van der Waals surface area contributed by atoms with Gasteiger partial charge in [0.1, 0.15) is 0 Å². The molecule has 2 rings (SSSR count). The fourth-order valence-electron chi connectivity index (χ4n) is 1.89. The number of thiazole rings is 1. The van der Waals surface area contributed by atoms with E-state index in [1.807, 2.05) is 31.2 Å². The van der Waals surface area contributed by atoms with Crippen LogP contribution >= 0.6 is 11.3 Å². The van der Waals surface area contributed by atoms with Crippen LogP contribution in [0.1, 0.15) is 27.2 Å². The van der Waals surface area contributed by atoms with Crippen LogP contribution in [0.3, 0.4) is 0 Å². The minimum atomic E-state index is -0.166. The minimum Gasteiger partial charge on any atom is -0.352 e. The van der Waals surface area contributed by atoms with Crippen LogP contribution in [-0.4, -0.2) is 23.1 Å². The third-order valence-corrected chi connectivity index (χ3v) is 4.04. The molecule has 2 N–H and O–H groups in total. The second kappa shape index (κ2) is 7.17. The van der Waals surface area contributed by atoms with Crippen LogP contribution in [0.4, 0.5) is 5.13 Å². The van der Waals surface area contributed by atoms with Crippen LogP contribution in [0.5, 0.6) is 0 Å². The summed E-state index contributed by atoms with van der Waals surface area (Å²) < 4.78 is 1.10. The lowest BCUT2D eigenvalue weighted by atomic mass is 10.1. The first kappa shape index (κ1) is 15.4. The number of hydrogen-bond acceptors (Lipinski definition) is 5. The zero-order chi connectivity index (χ0) is 15.2. The summed E-state index contributed by atoms with van der Waals surface area (Å²) in [4.78, 5) is 16.2. The third-order valence-electron chi connectivity index (χ3n) is 3.05. The Morgan fingerprint density at radius 3 is 2.81 bits per heavy atom. The van der Waals surface area contributed by atoms with Gasteiger partial charge in [0.05, 0.1) is 16.8 Å². The highest BCUT2D eigenvalue weighted by Gasteiger charge is 2.06. The molecule has 0 atom stereocenters. The van der Waals surface area contributed by atoms with Gasteiger partial charge in [-0.1, -0.05) is 44.2 Å². The number of anilines is 1. The van der Waals surface area contributed by atoms with Crippen molar-refractivity contribution in [3.8, 4) is 0 Å². The van der Waals surface area contributed by atoms with Gasteiger partial charge in [0.15, 0.2) is 5.13 Å². The van der Waals surface area contributed by atoms with Gasteiger partial charge in [-0.05, 0) is 24.5 Å². The molecule has 0 bridgehead atoms. The first-order valence-corrected chi connectivity index (χ1v) is 7.86. The maximum atomic E-state index is 11.8. The molecular weight excluding hydrogens is 284 g/mol. The summed E-state index contributed by atoms with van der Waals surface area (Å²) in [5, 5.41) is 7.93. The smallest absolute Gasteiger partial charge is 0.259 e. The first-order valence-electron chi connectivity index (χ1n) is 7.05. The summed E-state index contributed by atoms with van der Waals surface area (Å²) in [6, 6.07) is 7.89. The number of fused-ring (bicyclic) bond motifs is 1. The molecule has 0 unspecified atom stereocenters. The van der Waals surface area contributed by atoms with Gasteiger partial charge in [-0.15, -0.1) is 0 Å². The maximum Gasteiger partial charge on any atom is 0.259 e. The summed E-state index contributed by atoms with van der Waals surface area (Å²) in [5.74, 6) is 0.174. The normalized spacial score (nSPS) is 11.9. The minimum absolute atomic E-state index is 0.165. The second-order valence-corrected chi connectivity index (χ2v) is 6.02. The summed E-state index contributed by atoms with van der Waals surface area (Å²) in [7, 11) is 0. The number of rotatable bonds is 6. The quantitative estimate of drug-likeness (QED) is 0.636. The Morgan fingerprint density at radius 2 is 2.14 bits per heavy atom. The fourth-order valence-corrected chi connectivity index (χ4v) is 2.76. The van der Waals surface area contributed by atoms with E-state index >= 15 is 0 Å². The Kier molecular flexibility index (Phi) is 5.27. The lowest BCUT2D eigenvalue weighted by molar-refractivity contribution is -0.119. The molecule has 0 saturated carbocycles. The molecular formula is C15H20N4OS. The van der Waals surface area contributed by atoms with Crippen LogP contribution < -0.4 is 10.7 Å². The van der Waals surface area contributed by atoms with Crippen molar-refractivity contribution in [2.75, 3.05) is 11.9 Å². The molecule has 6 heteroatoms. The molecule has 0 aliphatic carbocycles. The zero-order valence-corrected chi connectivity index (χ0v) is 13.3. The molecule has 21 heavy (non-hydrogen) atoms. The number of hydrogen-bond donors (Lipinski definition) is 2. The Labute approximate surface area is 128 Å². The summed E-state index contributed by atoms with van der Waals surface area (Å²) in [6.07, 6.45) is 0.837. The number of nitrogens with one attached hydrogen (secondary N) is 2. The summed E-state index contributed by atoms with van der Waals surface area (Å²) >= 11 is 1.54. The number of carbonyl (C=O) groups excluding carboxylic acids is 1. The van der Waals surface area contributed by atoms with Gasteiger partial charge in [-0.2, -0.15) is 5.10 Å². The summed E-state index contributed by atoms with van der Waals surface area (Å²) in [6.45, 7) is 6.32. The largest absolute Gasteiger partial charge is 0.352 e. The van der Waals surface area contributed by atoms with E-state index in [9.17, 15) is 4.79 Å². The molecule has 0 spiro atoms. The van der Waals surface area contributed by atoms with Crippen molar-refractivity contribution in [2.45, 2.75) is 27.2 Å². The van der Waals surface area contributed by atoms with E-state index in [1.165, 1.54) is 11.3 Å². The van der Waals surface area contributed by atoms with Crippen LogP contribution in [0, 0.1) is 5.92 Å². The van der Waals surface area contributed by atoms with Crippen molar-refractivity contribution in [3.05, 3.63) is 24.3 Å². The van der Waals surface area contributed by atoms with Gasteiger partial charge < -0.3 is 5.32 Å². The van der Waals surface area contributed by atoms with Gasteiger partial charge in [-0.25, -0.2) is 10.4 Å². The molecule has 0 aliphatic rings. The molecule has 5 nitrogen and oxygen atoms in total. The third kappa shape index (κ3) is 4.26.